The maximum atomic E-state index is 11.7. The van der Waals surface area contributed by atoms with E-state index in [2.05, 4.69) is 10.6 Å². The van der Waals surface area contributed by atoms with Gasteiger partial charge in [-0.1, -0.05) is 41.9 Å². The molecule has 5 heteroatoms. The predicted octanol–water partition coefficient (Wildman–Crippen LogP) is 3.53. The van der Waals surface area contributed by atoms with E-state index in [1.807, 2.05) is 49.4 Å². The van der Waals surface area contributed by atoms with E-state index >= 15 is 0 Å². The van der Waals surface area contributed by atoms with Crippen molar-refractivity contribution in [3.63, 3.8) is 0 Å². The summed E-state index contributed by atoms with van der Waals surface area (Å²) < 4.78 is 5.56. The molecule has 0 bridgehead atoms. The molecule has 0 radical (unpaired) electrons. The molecule has 116 valence electrons. The van der Waals surface area contributed by atoms with Crippen molar-refractivity contribution in [2.45, 2.75) is 13.5 Å². The molecular weight excluding hydrogens is 300 g/mol. The van der Waals surface area contributed by atoms with Crippen LogP contribution in [0.1, 0.15) is 11.1 Å². The molecule has 0 aliphatic carbocycles. The lowest BCUT2D eigenvalue weighted by Gasteiger charge is -2.10. The predicted molar refractivity (Wildman–Crippen MR) is 88.4 cm³/mol. The number of hydrogen-bond acceptors (Lipinski definition) is 2. The number of hydrogen-bond donors (Lipinski definition) is 2. The molecule has 0 fully saturated rings. The molecule has 0 aliphatic rings. The Balaban J connectivity index is 1.65. The maximum absolute atomic E-state index is 11.7. The minimum Gasteiger partial charge on any atom is -0.492 e. The number of carbonyl (C=O) groups is 1. The van der Waals surface area contributed by atoms with Gasteiger partial charge in [0.15, 0.2) is 0 Å². The van der Waals surface area contributed by atoms with Crippen LogP contribution < -0.4 is 15.4 Å². The number of halogens is 1. The normalized spacial score (nSPS) is 10.1. The highest BCUT2D eigenvalue weighted by Gasteiger charge is 2.02. The zero-order valence-corrected chi connectivity index (χ0v) is 13.2. The van der Waals surface area contributed by atoms with Gasteiger partial charge in [0.1, 0.15) is 12.4 Å². The lowest BCUT2D eigenvalue weighted by molar-refractivity contribution is 0.236. The quantitative estimate of drug-likeness (QED) is 0.801. The fourth-order valence-electron chi connectivity index (χ4n) is 1.92. The third kappa shape index (κ3) is 5.30. The van der Waals surface area contributed by atoms with E-state index in [0.717, 1.165) is 16.9 Å². The van der Waals surface area contributed by atoms with Crippen molar-refractivity contribution in [3.8, 4) is 5.75 Å². The van der Waals surface area contributed by atoms with Gasteiger partial charge in [0.25, 0.3) is 0 Å². The summed E-state index contributed by atoms with van der Waals surface area (Å²) in [5.41, 5.74) is 2.03. The lowest BCUT2D eigenvalue weighted by Crippen LogP contribution is -2.37. The van der Waals surface area contributed by atoms with Crippen molar-refractivity contribution in [2.75, 3.05) is 13.2 Å². The molecule has 0 spiro atoms. The molecule has 2 amide bonds. The number of carbonyl (C=O) groups excluding carboxylic acids is 1. The monoisotopic (exact) mass is 318 g/mol. The number of rotatable bonds is 6. The first-order chi connectivity index (χ1) is 10.6. The summed E-state index contributed by atoms with van der Waals surface area (Å²) in [7, 11) is 0. The fourth-order valence-corrected chi connectivity index (χ4v) is 2.12. The first-order valence-corrected chi connectivity index (χ1v) is 7.47. The first kappa shape index (κ1) is 16.2. The molecule has 0 aliphatic heterocycles. The molecule has 0 heterocycles. The van der Waals surface area contributed by atoms with E-state index in [9.17, 15) is 4.79 Å². The van der Waals surface area contributed by atoms with Crippen LogP contribution in [0.25, 0.3) is 0 Å². The van der Waals surface area contributed by atoms with Crippen LogP contribution in [-0.4, -0.2) is 19.2 Å². The number of nitrogens with one attached hydrogen (secondary N) is 2. The smallest absolute Gasteiger partial charge is 0.315 e. The van der Waals surface area contributed by atoms with E-state index in [1.165, 1.54) is 0 Å². The summed E-state index contributed by atoms with van der Waals surface area (Å²) in [4.78, 5) is 11.7. The van der Waals surface area contributed by atoms with Crippen molar-refractivity contribution in [2.24, 2.45) is 0 Å². The highest BCUT2D eigenvalue weighted by molar-refractivity contribution is 6.31. The van der Waals surface area contributed by atoms with E-state index in [1.54, 1.807) is 6.07 Å². The molecule has 0 unspecified atom stereocenters. The van der Waals surface area contributed by atoms with Gasteiger partial charge in [0, 0.05) is 11.6 Å². The van der Waals surface area contributed by atoms with Crippen LogP contribution in [0.2, 0.25) is 5.02 Å². The minimum absolute atomic E-state index is 0.243. The second-order valence-corrected chi connectivity index (χ2v) is 5.27. The second kappa shape index (κ2) is 8.29. The van der Waals surface area contributed by atoms with Crippen molar-refractivity contribution in [1.82, 2.24) is 10.6 Å². The average Bonchev–Trinajstić information content (AvgIpc) is 2.51. The number of urea groups is 1. The first-order valence-electron chi connectivity index (χ1n) is 7.10. The van der Waals surface area contributed by atoms with Gasteiger partial charge < -0.3 is 15.4 Å². The molecule has 2 aromatic carbocycles. The van der Waals surface area contributed by atoms with Gasteiger partial charge in [0.2, 0.25) is 0 Å². The average molecular weight is 319 g/mol. The minimum atomic E-state index is -0.243. The molecule has 0 atom stereocenters. The molecule has 2 N–H and O–H groups in total. The summed E-state index contributed by atoms with van der Waals surface area (Å²) in [5.74, 6) is 0.804. The van der Waals surface area contributed by atoms with E-state index < -0.39 is 0 Å². The second-order valence-electron chi connectivity index (χ2n) is 4.87. The van der Waals surface area contributed by atoms with Crippen LogP contribution in [0.4, 0.5) is 4.79 Å². The Hall–Kier alpha value is -2.20. The van der Waals surface area contributed by atoms with Gasteiger partial charge in [-0.2, -0.15) is 0 Å². The Labute approximate surface area is 135 Å². The topological polar surface area (TPSA) is 50.4 Å². The van der Waals surface area contributed by atoms with Crippen molar-refractivity contribution in [1.29, 1.82) is 0 Å². The standard InChI is InChI=1S/C17H19ClN2O2/c1-13-5-4-7-15(11-13)22-10-9-19-17(21)20-12-14-6-2-3-8-16(14)18/h2-8,11H,9-10,12H2,1H3,(H2,19,20,21). The Bertz CT molecular complexity index is 632. The molecule has 4 nitrogen and oxygen atoms in total. The highest BCUT2D eigenvalue weighted by Crippen LogP contribution is 2.14. The lowest BCUT2D eigenvalue weighted by atomic mass is 10.2. The molecular formula is C17H19ClN2O2. The third-order valence-corrected chi connectivity index (χ3v) is 3.41. The van der Waals surface area contributed by atoms with E-state index in [-0.39, 0.29) is 6.03 Å². The van der Waals surface area contributed by atoms with Gasteiger partial charge in [0.05, 0.1) is 6.54 Å². The van der Waals surface area contributed by atoms with Crippen LogP contribution in [0, 0.1) is 6.92 Å². The zero-order chi connectivity index (χ0) is 15.8. The number of aryl methyl sites for hydroxylation is 1. The molecule has 0 saturated heterocycles. The fraction of sp³-hybridized carbons (Fsp3) is 0.235. The van der Waals surface area contributed by atoms with Crippen LogP contribution in [0.3, 0.4) is 0 Å². The van der Waals surface area contributed by atoms with Gasteiger partial charge >= 0.3 is 6.03 Å². The van der Waals surface area contributed by atoms with Crippen LogP contribution >= 0.6 is 11.6 Å². The molecule has 2 aromatic rings. The summed E-state index contributed by atoms with van der Waals surface area (Å²) in [6.45, 7) is 3.25. The summed E-state index contributed by atoms with van der Waals surface area (Å²) in [5, 5.41) is 6.14. The Morgan fingerprint density at radius 2 is 1.95 bits per heavy atom. The zero-order valence-electron chi connectivity index (χ0n) is 12.4. The molecule has 2 rings (SSSR count). The van der Waals surface area contributed by atoms with Gasteiger partial charge in [-0.05, 0) is 36.2 Å². The molecule has 0 aromatic heterocycles. The SMILES string of the molecule is Cc1cccc(OCCNC(=O)NCc2ccccc2Cl)c1. The summed E-state index contributed by atoms with van der Waals surface area (Å²) in [6, 6.07) is 15.0. The number of benzene rings is 2. The van der Waals surface area contributed by atoms with Crippen LogP contribution in [0.5, 0.6) is 5.75 Å². The Morgan fingerprint density at radius 1 is 1.14 bits per heavy atom. The van der Waals surface area contributed by atoms with Gasteiger partial charge in [-0.15, -0.1) is 0 Å². The Kier molecular flexibility index (Phi) is 6.10. The van der Waals surface area contributed by atoms with Gasteiger partial charge in [-0.3, -0.25) is 0 Å². The van der Waals surface area contributed by atoms with Gasteiger partial charge in [-0.25, -0.2) is 4.79 Å². The molecule has 0 saturated carbocycles. The summed E-state index contributed by atoms with van der Waals surface area (Å²) in [6.07, 6.45) is 0. The van der Waals surface area contributed by atoms with Crippen molar-refractivity contribution < 1.29 is 9.53 Å². The largest absolute Gasteiger partial charge is 0.492 e. The number of ether oxygens (including phenoxy) is 1. The Morgan fingerprint density at radius 3 is 2.73 bits per heavy atom. The number of amides is 2. The summed E-state index contributed by atoms with van der Waals surface area (Å²) >= 11 is 6.02. The highest BCUT2D eigenvalue weighted by atomic mass is 35.5. The van der Waals surface area contributed by atoms with E-state index in [4.69, 9.17) is 16.3 Å². The maximum Gasteiger partial charge on any atom is 0.315 e. The van der Waals surface area contributed by atoms with Crippen LogP contribution in [-0.2, 0) is 6.54 Å². The third-order valence-electron chi connectivity index (χ3n) is 3.04. The van der Waals surface area contributed by atoms with Crippen molar-refractivity contribution >= 4 is 17.6 Å². The van der Waals surface area contributed by atoms with E-state index in [0.29, 0.717) is 24.7 Å². The van der Waals surface area contributed by atoms with Crippen molar-refractivity contribution in [3.05, 3.63) is 64.7 Å². The van der Waals surface area contributed by atoms with Crippen LogP contribution in [0.15, 0.2) is 48.5 Å². The molecule has 22 heavy (non-hydrogen) atoms.